The van der Waals surface area contributed by atoms with E-state index in [2.05, 4.69) is 11.3 Å². The number of carbonyl (C=O) groups excluding carboxylic acids is 1. The minimum Gasteiger partial charge on any atom is -0.446 e. The summed E-state index contributed by atoms with van der Waals surface area (Å²) in [6.45, 7) is 5.50. The van der Waals surface area contributed by atoms with Gasteiger partial charge in [-0.05, 0) is 6.42 Å². The highest BCUT2D eigenvalue weighted by atomic mass is 35.5. The van der Waals surface area contributed by atoms with Crippen LogP contribution in [0, 0.1) is 0 Å². The molecule has 0 aromatic rings. The molecule has 0 amide bonds. The Balaban J connectivity index is 3.60. The van der Waals surface area contributed by atoms with Crippen molar-refractivity contribution < 1.29 is 9.53 Å². The summed E-state index contributed by atoms with van der Waals surface area (Å²) < 4.78 is 4.48. The van der Waals surface area contributed by atoms with Crippen molar-refractivity contribution in [3.05, 3.63) is 12.2 Å². The molecule has 0 saturated carbocycles. The smallest absolute Gasteiger partial charge is 0.334 e. The summed E-state index contributed by atoms with van der Waals surface area (Å²) in [5.41, 5.74) is 0.489. The van der Waals surface area contributed by atoms with Gasteiger partial charge in [0.2, 0.25) is 0 Å². The van der Waals surface area contributed by atoms with Gasteiger partial charge in [0, 0.05) is 5.57 Å². The molecule has 0 bridgehead atoms. The lowest BCUT2D eigenvalue weighted by molar-refractivity contribution is -0.137. The maximum atomic E-state index is 10.7. The van der Waals surface area contributed by atoms with Gasteiger partial charge in [-0.3, -0.25) is 0 Å². The van der Waals surface area contributed by atoms with Crippen molar-refractivity contribution in [1.29, 1.82) is 0 Å². The fourth-order valence-corrected chi connectivity index (χ4v) is 0.655. The molecule has 0 heterocycles. The molecular formula is C7H11ClO2. The average Bonchev–Trinajstić information content (AvgIpc) is 1.89. The molecule has 0 aromatic carbocycles. The zero-order valence-corrected chi connectivity index (χ0v) is 6.78. The van der Waals surface area contributed by atoms with Crippen LogP contribution >= 0.6 is 11.6 Å². The quantitative estimate of drug-likeness (QED) is 0.360. The van der Waals surface area contributed by atoms with E-state index >= 15 is 0 Å². The van der Waals surface area contributed by atoms with Gasteiger partial charge >= 0.3 is 5.97 Å². The van der Waals surface area contributed by atoms with Crippen molar-refractivity contribution >= 4 is 17.6 Å². The monoisotopic (exact) mass is 162 g/mol. The lowest BCUT2D eigenvalue weighted by atomic mass is 10.2. The summed E-state index contributed by atoms with van der Waals surface area (Å²) in [4.78, 5) is 10.7. The van der Waals surface area contributed by atoms with Crippen LogP contribution in [0.4, 0.5) is 0 Å². The van der Waals surface area contributed by atoms with Crippen LogP contribution in [0.2, 0.25) is 0 Å². The van der Waals surface area contributed by atoms with E-state index in [4.69, 9.17) is 11.6 Å². The van der Waals surface area contributed by atoms with Crippen molar-refractivity contribution in [2.75, 3.05) is 6.07 Å². The van der Waals surface area contributed by atoms with Gasteiger partial charge in [-0.1, -0.05) is 31.5 Å². The largest absolute Gasteiger partial charge is 0.446 e. The molecule has 0 atom stereocenters. The SMILES string of the molecule is C=C(CCC)C(=O)OCCl. The molecule has 0 aliphatic carbocycles. The first-order chi connectivity index (χ1) is 4.72. The van der Waals surface area contributed by atoms with E-state index in [1.165, 1.54) is 0 Å². The van der Waals surface area contributed by atoms with Gasteiger partial charge in [0.1, 0.15) is 0 Å². The molecular weight excluding hydrogens is 152 g/mol. The molecule has 10 heavy (non-hydrogen) atoms. The van der Waals surface area contributed by atoms with Crippen LogP contribution in [0.3, 0.4) is 0 Å². The molecule has 0 radical (unpaired) electrons. The van der Waals surface area contributed by atoms with Crippen molar-refractivity contribution in [2.45, 2.75) is 19.8 Å². The van der Waals surface area contributed by atoms with Crippen LogP contribution in [0.25, 0.3) is 0 Å². The van der Waals surface area contributed by atoms with Crippen molar-refractivity contribution in [1.82, 2.24) is 0 Å². The van der Waals surface area contributed by atoms with Crippen LogP contribution in [0.15, 0.2) is 12.2 Å². The highest BCUT2D eigenvalue weighted by Crippen LogP contribution is 2.03. The van der Waals surface area contributed by atoms with Gasteiger partial charge in [-0.25, -0.2) is 4.79 Å². The number of rotatable bonds is 4. The normalized spacial score (nSPS) is 9.00. The number of alkyl halides is 1. The Morgan fingerprint density at radius 1 is 1.70 bits per heavy atom. The second kappa shape index (κ2) is 5.30. The predicted molar refractivity (Wildman–Crippen MR) is 40.9 cm³/mol. The maximum Gasteiger partial charge on any atom is 0.334 e. The van der Waals surface area contributed by atoms with Gasteiger partial charge in [-0.15, -0.1) is 0 Å². The molecule has 0 aliphatic rings. The number of ether oxygens (including phenoxy) is 1. The average molecular weight is 163 g/mol. The maximum absolute atomic E-state index is 10.7. The van der Waals surface area contributed by atoms with Crippen LogP contribution in [-0.2, 0) is 9.53 Å². The fraction of sp³-hybridized carbons (Fsp3) is 0.571. The van der Waals surface area contributed by atoms with E-state index in [9.17, 15) is 4.79 Å². The van der Waals surface area contributed by atoms with E-state index in [1.807, 2.05) is 6.92 Å². The minimum absolute atomic E-state index is 0.0957. The molecule has 3 heteroatoms. The number of esters is 1. The van der Waals surface area contributed by atoms with Crippen LogP contribution in [0.5, 0.6) is 0 Å². The summed E-state index contributed by atoms with van der Waals surface area (Å²) in [7, 11) is 0. The minimum atomic E-state index is -0.392. The number of hydrogen-bond donors (Lipinski definition) is 0. The summed E-state index contributed by atoms with van der Waals surface area (Å²) in [5.74, 6) is -0.392. The molecule has 58 valence electrons. The third-order valence-corrected chi connectivity index (χ3v) is 1.14. The van der Waals surface area contributed by atoms with E-state index < -0.39 is 5.97 Å². The number of hydrogen-bond acceptors (Lipinski definition) is 2. The molecule has 0 unspecified atom stereocenters. The number of halogens is 1. The van der Waals surface area contributed by atoms with Crippen LogP contribution in [0.1, 0.15) is 19.8 Å². The molecule has 0 rings (SSSR count). The molecule has 0 fully saturated rings. The Morgan fingerprint density at radius 2 is 2.30 bits per heavy atom. The topological polar surface area (TPSA) is 26.3 Å². The molecule has 0 saturated heterocycles. The fourth-order valence-electron chi connectivity index (χ4n) is 0.555. The molecule has 2 nitrogen and oxygen atoms in total. The first kappa shape index (κ1) is 9.50. The van der Waals surface area contributed by atoms with E-state index in [-0.39, 0.29) is 6.07 Å². The van der Waals surface area contributed by atoms with E-state index in [0.717, 1.165) is 6.42 Å². The zero-order chi connectivity index (χ0) is 7.98. The lowest BCUT2D eigenvalue weighted by Crippen LogP contribution is -2.05. The Labute approximate surface area is 65.8 Å². The van der Waals surface area contributed by atoms with Crippen molar-refractivity contribution in [3.63, 3.8) is 0 Å². The van der Waals surface area contributed by atoms with Gasteiger partial charge in [0.05, 0.1) is 0 Å². The third-order valence-electron chi connectivity index (χ3n) is 1.03. The second-order valence-electron chi connectivity index (χ2n) is 1.89. The standard InChI is InChI=1S/C7H11ClO2/c1-3-4-6(2)7(9)10-5-8/h2-5H2,1H3. The lowest BCUT2D eigenvalue weighted by Gasteiger charge is -2.00. The molecule has 0 N–H and O–H groups in total. The highest BCUT2D eigenvalue weighted by Gasteiger charge is 2.04. The first-order valence-corrected chi connectivity index (χ1v) is 3.66. The summed E-state index contributed by atoms with van der Waals surface area (Å²) in [6, 6.07) is -0.0957. The van der Waals surface area contributed by atoms with Crippen molar-refractivity contribution in [2.24, 2.45) is 0 Å². The molecule has 0 aliphatic heterocycles. The van der Waals surface area contributed by atoms with Gasteiger partial charge in [-0.2, -0.15) is 0 Å². The Morgan fingerprint density at radius 3 is 2.70 bits per heavy atom. The Hall–Kier alpha value is -0.500. The molecule has 0 spiro atoms. The van der Waals surface area contributed by atoms with Crippen LogP contribution < -0.4 is 0 Å². The first-order valence-electron chi connectivity index (χ1n) is 3.13. The Kier molecular flexibility index (Phi) is 5.03. The van der Waals surface area contributed by atoms with Gasteiger partial charge < -0.3 is 4.74 Å². The van der Waals surface area contributed by atoms with Gasteiger partial charge in [0.25, 0.3) is 0 Å². The summed E-state index contributed by atoms with van der Waals surface area (Å²) in [6.07, 6.45) is 1.58. The summed E-state index contributed by atoms with van der Waals surface area (Å²) >= 11 is 5.16. The number of carbonyl (C=O) groups is 1. The predicted octanol–water partition coefficient (Wildman–Crippen LogP) is 2.08. The third kappa shape index (κ3) is 3.51. The van der Waals surface area contributed by atoms with E-state index in [0.29, 0.717) is 12.0 Å². The second-order valence-corrected chi connectivity index (χ2v) is 2.11. The Bertz CT molecular complexity index is 116. The summed E-state index contributed by atoms with van der Waals surface area (Å²) in [5, 5.41) is 0. The zero-order valence-electron chi connectivity index (χ0n) is 6.02. The molecule has 0 aromatic heterocycles. The van der Waals surface area contributed by atoms with Gasteiger partial charge in [0.15, 0.2) is 6.07 Å². The van der Waals surface area contributed by atoms with Crippen molar-refractivity contribution in [3.8, 4) is 0 Å². The van der Waals surface area contributed by atoms with E-state index in [1.54, 1.807) is 0 Å². The van der Waals surface area contributed by atoms with Crippen LogP contribution in [-0.4, -0.2) is 12.0 Å². The highest BCUT2D eigenvalue weighted by molar-refractivity contribution is 6.17.